The summed E-state index contributed by atoms with van der Waals surface area (Å²) in [5.41, 5.74) is 0. The van der Waals surface area contributed by atoms with Crippen LogP contribution in [0.25, 0.3) is 10.2 Å². The van der Waals surface area contributed by atoms with Gasteiger partial charge < -0.3 is 14.8 Å². The fourth-order valence-corrected chi connectivity index (χ4v) is 2.84. The van der Waals surface area contributed by atoms with Crippen molar-refractivity contribution in [3.8, 4) is 5.88 Å². The van der Waals surface area contributed by atoms with Gasteiger partial charge in [0.1, 0.15) is 11.4 Å². The van der Waals surface area contributed by atoms with E-state index in [-0.39, 0.29) is 0 Å². The third-order valence-corrected chi connectivity index (χ3v) is 4.26. The predicted molar refractivity (Wildman–Crippen MR) is 87.6 cm³/mol. The molecule has 2 heterocycles. The maximum atomic E-state index is 5.79. The molecule has 0 aromatic carbocycles. The zero-order valence-corrected chi connectivity index (χ0v) is 13.8. The van der Waals surface area contributed by atoms with Crippen molar-refractivity contribution < 1.29 is 9.47 Å². The first-order valence-corrected chi connectivity index (χ1v) is 8.28. The molecule has 0 saturated heterocycles. The molecule has 0 atom stereocenters. The van der Waals surface area contributed by atoms with Gasteiger partial charge in [-0.25, -0.2) is 4.98 Å². The number of aryl methyl sites for hydroxylation is 1. The van der Waals surface area contributed by atoms with E-state index in [4.69, 9.17) is 9.47 Å². The van der Waals surface area contributed by atoms with E-state index in [0.29, 0.717) is 25.0 Å². The number of unbranched alkanes of at least 4 members (excludes halogenated alkanes) is 1. The summed E-state index contributed by atoms with van der Waals surface area (Å²) in [6, 6.07) is 2.12. The van der Waals surface area contributed by atoms with Crippen LogP contribution < -0.4 is 10.1 Å². The van der Waals surface area contributed by atoms with Crippen LogP contribution in [-0.4, -0.2) is 36.8 Å². The molecule has 2 rings (SSSR count). The van der Waals surface area contributed by atoms with E-state index < -0.39 is 0 Å². The van der Waals surface area contributed by atoms with E-state index in [9.17, 15) is 0 Å². The standard InChI is InChI=1S/C15H23N3O2S/c1-4-6-7-19-8-9-20-13-12-10-11(5-2)21-14(12)18-15(16-3)17-13/h10H,4-9H2,1-3H3,(H,16,17,18). The van der Waals surface area contributed by atoms with E-state index in [0.717, 1.165) is 36.1 Å². The summed E-state index contributed by atoms with van der Waals surface area (Å²) in [5.74, 6) is 1.23. The SMILES string of the molecule is CCCCOCCOc1nc(NC)nc2sc(CC)cc12. The van der Waals surface area contributed by atoms with Crippen LogP contribution in [-0.2, 0) is 11.2 Å². The van der Waals surface area contributed by atoms with Crippen molar-refractivity contribution in [2.45, 2.75) is 33.1 Å². The predicted octanol–water partition coefficient (Wildman–Crippen LogP) is 3.49. The van der Waals surface area contributed by atoms with Crippen LogP contribution in [0.5, 0.6) is 5.88 Å². The summed E-state index contributed by atoms with van der Waals surface area (Å²) < 4.78 is 11.3. The molecule has 6 heteroatoms. The lowest BCUT2D eigenvalue weighted by molar-refractivity contribution is 0.0971. The first-order chi connectivity index (χ1) is 10.3. The number of hydrogen-bond acceptors (Lipinski definition) is 6. The zero-order valence-electron chi connectivity index (χ0n) is 12.9. The fourth-order valence-electron chi connectivity index (χ4n) is 1.89. The molecule has 0 fully saturated rings. The van der Waals surface area contributed by atoms with Crippen molar-refractivity contribution >= 4 is 27.5 Å². The van der Waals surface area contributed by atoms with Gasteiger partial charge in [-0.2, -0.15) is 4.98 Å². The minimum atomic E-state index is 0.510. The van der Waals surface area contributed by atoms with Crippen molar-refractivity contribution in [3.63, 3.8) is 0 Å². The quantitative estimate of drug-likeness (QED) is 0.719. The molecule has 116 valence electrons. The van der Waals surface area contributed by atoms with Crippen LogP contribution in [0.2, 0.25) is 0 Å². The molecule has 1 N–H and O–H groups in total. The summed E-state index contributed by atoms with van der Waals surface area (Å²) in [4.78, 5) is 11.1. The number of nitrogens with zero attached hydrogens (tertiary/aromatic N) is 2. The Balaban J connectivity index is 2.04. The molecule has 0 aliphatic carbocycles. The van der Waals surface area contributed by atoms with Gasteiger partial charge in [-0.15, -0.1) is 11.3 Å². The number of rotatable bonds is 9. The number of ether oxygens (including phenoxy) is 2. The van der Waals surface area contributed by atoms with E-state index in [1.54, 1.807) is 11.3 Å². The summed E-state index contributed by atoms with van der Waals surface area (Å²) in [6.07, 6.45) is 3.23. The largest absolute Gasteiger partial charge is 0.475 e. The normalized spacial score (nSPS) is 11.0. The van der Waals surface area contributed by atoms with E-state index in [1.165, 1.54) is 4.88 Å². The summed E-state index contributed by atoms with van der Waals surface area (Å²) in [6.45, 7) is 6.18. The average Bonchev–Trinajstić information content (AvgIpc) is 2.93. The van der Waals surface area contributed by atoms with Crippen LogP contribution in [0.3, 0.4) is 0 Å². The van der Waals surface area contributed by atoms with Crippen LogP contribution in [0.15, 0.2) is 6.07 Å². The van der Waals surface area contributed by atoms with Crippen molar-refractivity contribution in [2.75, 3.05) is 32.2 Å². The average molecular weight is 309 g/mol. The molecule has 0 unspecified atom stereocenters. The van der Waals surface area contributed by atoms with Gasteiger partial charge in [0.05, 0.1) is 12.0 Å². The van der Waals surface area contributed by atoms with Crippen LogP contribution in [0.4, 0.5) is 5.95 Å². The highest BCUT2D eigenvalue weighted by atomic mass is 32.1. The summed E-state index contributed by atoms with van der Waals surface area (Å²) in [5, 5.41) is 3.97. The molecule has 2 aromatic heterocycles. The minimum Gasteiger partial charge on any atom is -0.475 e. The number of hydrogen-bond donors (Lipinski definition) is 1. The Bertz CT molecular complexity index is 571. The monoisotopic (exact) mass is 309 g/mol. The second-order valence-electron chi connectivity index (χ2n) is 4.70. The molecular weight excluding hydrogens is 286 g/mol. The lowest BCUT2D eigenvalue weighted by atomic mass is 10.3. The van der Waals surface area contributed by atoms with Crippen molar-refractivity contribution in [1.29, 1.82) is 0 Å². The van der Waals surface area contributed by atoms with E-state index >= 15 is 0 Å². The first kappa shape index (κ1) is 16.0. The second-order valence-corrected chi connectivity index (χ2v) is 5.82. The zero-order chi connectivity index (χ0) is 15.1. The van der Waals surface area contributed by atoms with Crippen LogP contribution in [0, 0.1) is 0 Å². The van der Waals surface area contributed by atoms with Crippen molar-refractivity contribution in [1.82, 2.24) is 9.97 Å². The first-order valence-electron chi connectivity index (χ1n) is 7.47. The Morgan fingerprint density at radius 1 is 1.19 bits per heavy atom. The van der Waals surface area contributed by atoms with Crippen LogP contribution in [0.1, 0.15) is 31.6 Å². The van der Waals surface area contributed by atoms with Gasteiger partial charge in [0.2, 0.25) is 11.8 Å². The fraction of sp³-hybridized carbons (Fsp3) is 0.600. The van der Waals surface area contributed by atoms with Crippen molar-refractivity contribution in [3.05, 3.63) is 10.9 Å². The highest BCUT2D eigenvalue weighted by Gasteiger charge is 2.12. The summed E-state index contributed by atoms with van der Waals surface area (Å²) >= 11 is 1.69. The van der Waals surface area contributed by atoms with Gasteiger partial charge in [0, 0.05) is 18.5 Å². The Kier molecular flexibility index (Phi) is 6.20. The molecule has 21 heavy (non-hydrogen) atoms. The molecule has 2 aromatic rings. The molecule has 0 radical (unpaired) electrons. The number of thiophene rings is 1. The maximum absolute atomic E-state index is 5.79. The number of nitrogens with one attached hydrogen (secondary N) is 1. The maximum Gasteiger partial charge on any atom is 0.227 e. The van der Waals surface area contributed by atoms with E-state index in [2.05, 4.69) is 35.2 Å². The topological polar surface area (TPSA) is 56.3 Å². The molecule has 0 spiro atoms. The Morgan fingerprint density at radius 3 is 2.76 bits per heavy atom. The third kappa shape index (κ3) is 4.28. The van der Waals surface area contributed by atoms with Gasteiger partial charge in [-0.1, -0.05) is 20.3 Å². The van der Waals surface area contributed by atoms with Gasteiger partial charge in [0.25, 0.3) is 0 Å². The van der Waals surface area contributed by atoms with Crippen LogP contribution >= 0.6 is 11.3 Å². The van der Waals surface area contributed by atoms with Gasteiger partial charge in [-0.05, 0) is 18.9 Å². The second kappa shape index (κ2) is 8.14. The molecule has 0 aliphatic heterocycles. The summed E-state index contributed by atoms with van der Waals surface area (Å²) in [7, 11) is 1.81. The van der Waals surface area contributed by atoms with Gasteiger partial charge in [-0.3, -0.25) is 0 Å². The highest BCUT2D eigenvalue weighted by molar-refractivity contribution is 7.18. The smallest absolute Gasteiger partial charge is 0.227 e. The molecule has 0 saturated carbocycles. The highest BCUT2D eigenvalue weighted by Crippen LogP contribution is 2.31. The molecular formula is C15H23N3O2S. The molecule has 0 bridgehead atoms. The molecule has 0 aliphatic rings. The Hall–Kier alpha value is -1.40. The number of anilines is 1. The third-order valence-electron chi connectivity index (χ3n) is 3.09. The number of fused-ring (bicyclic) bond motifs is 1. The van der Waals surface area contributed by atoms with Gasteiger partial charge >= 0.3 is 0 Å². The van der Waals surface area contributed by atoms with Gasteiger partial charge in [0.15, 0.2) is 0 Å². The Morgan fingerprint density at radius 2 is 2.05 bits per heavy atom. The van der Waals surface area contributed by atoms with Crippen molar-refractivity contribution in [2.24, 2.45) is 0 Å². The lowest BCUT2D eigenvalue weighted by Gasteiger charge is -2.08. The molecule has 0 amide bonds. The number of aromatic nitrogens is 2. The Labute approximate surface area is 129 Å². The minimum absolute atomic E-state index is 0.510. The molecule has 5 nitrogen and oxygen atoms in total. The van der Waals surface area contributed by atoms with E-state index in [1.807, 2.05) is 7.05 Å². The lowest BCUT2D eigenvalue weighted by Crippen LogP contribution is -2.09.